The van der Waals surface area contributed by atoms with Crippen LogP contribution in [0.5, 0.6) is 0 Å². The Morgan fingerprint density at radius 1 is 0.970 bits per heavy atom. The fraction of sp³-hybridized carbons (Fsp3) is 0.136. The number of hydrogen-bond donors (Lipinski definition) is 3. The van der Waals surface area contributed by atoms with Crippen molar-refractivity contribution in [3.05, 3.63) is 90.0 Å². The van der Waals surface area contributed by atoms with Crippen molar-refractivity contribution in [1.82, 2.24) is 9.53 Å². The zero-order valence-electron chi connectivity index (χ0n) is 17.6. The van der Waals surface area contributed by atoms with Gasteiger partial charge in [-0.05, 0) is 24.3 Å². The average Bonchev–Trinajstić information content (AvgIpc) is 3.17. The molecule has 33 heavy (non-hydrogen) atoms. The molecule has 0 saturated heterocycles. The second-order valence-corrected chi connectivity index (χ2v) is 10.1. The first-order valence-electron chi connectivity index (χ1n) is 10.00. The maximum Gasteiger partial charge on any atom is 0.258 e. The molecule has 1 unspecified atom stereocenters. The Balaban J connectivity index is 1.90. The summed E-state index contributed by atoms with van der Waals surface area (Å²) in [5.74, 6) is -1.06. The second kappa shape index (κ2) is 9.32. The number of hydrazine groups is 2. The topological polar surface area (TPSA) is 116 Å². The maximum atomic E-state index is 13.6. The minimum atomic E-state index is -4.25. The Bertz CT molecular complexity index is 1350. The normalized spacial score (nSPS) is 15.9. The van der Waals surface area contributed by atoms with Crippen molar-refractivity contribution in [3.63, 3.8) is 0 Å². The van der Waals surface area contributed by atoms with Crippen molar-refractivity contribution in [2.75, 3.05) is 16.6 Å². The highest BCUT2D eigenvalue weighted by Crippen LogP contribution is 2.43. The van der Waals surface area contributed by atoms with Gasteiger partial charge < -0.3 is 10.7 Å². The monoisotopic (exact) mass is 486 g/mol. The van der Waals surface area contributed by atoms with Crippen LogP contribution in [0.25, 0.3) is 0 Å². The summed E-state index contributed by atoms with van der Waals surface area (Å²) in [7, 11) is -7.35. The van der Waals surface area contributed by atoms with Gasteiger partial charge in [0.05, 0.1) is 10.6 Å². The smallest absolute Gasteiger partial charge is 0.258 e. The number of para-hydroxylation sites is 2. The summed E-state index contributed by atoms with van der Waals surface area (Å²) in [5, 5.41) is 4.06. The number of rotatable bonds is 7. The number of amides is 1. The standard InChI is InChI=1S/C22H22N4O5S2/c1-16(27)23-20-13-7-5-11-18(20)22-19-12-6-8-14-21(19)24-26(22)25(15-32(28)29)33(30,31)17-9-3-2-4-10-17/h2-14,22,24,32H,15H2,1H3,(H,23,27). The zero-order chi connectivity index (χ0) is 23.6. The summed E-state index contributed by atoms with van der Waals surface area (Å²) in [6.07, 6.45) is 0. The molecule has 3 aromatic carbocycles. The van der Waals surface area contributed by atoms with Crippen LogP contribution in [0.15, 0.2) is 83.8 Å². The molecule has 1 atom stereocenters. The number of thiol groups is 1. The number of carbonyl (C=O) groups is 1. The summed E-state index contributed by atoms with van der Waals surface area (Å²) < 4.78 is 51.5. The molecule has 1 heterocycles. The molecule has 9 nitrogen and oxygen atoms in total. The third-order valence-corrected chi connectivity index (χ3v) is 7.51. The Kier molecular flexibility index (Phi) is 6.47. The van der Waals surface area contributed by atoms with Crippen LogP contribution in [0.1, 0.15) is 24.1 Å². The van der Waals surface area contributed by atoms with Crippen LogP contribution < -0.4 is 10.7 Å². The highest BCUT2D eigenvalue weighted by atomic mass is 32.2. The van der Waals surface area contributed by atoms with Gasteiger partial charge in [0.1, 0.15) is 11.9 Å². The molecule has 0 aliphatic carbocycles. The van der Waals surface area contributed by atoms with Gasteiger partial charge in [-0.1, -0.05) is 59.0 Å². The Labute approximate surface area is 193 Å². The molecule has 11 heteroatoms. The van der Waals surface area contributed by atoms with Crippen molar-refractivity contribution >= 4 is 38.0 Å². The molecule has 172 valence electrons. The molecule has 0 fully saturated rings. The molecule has 0 bridgehead atoms. The number of benzene rings is 3. The van der Waals surface area contributed by atoms with Gasteiger partial charge in [0.25, 0.3) is 10.0 Å². The van der Waals surface area contributed by atoms with E-state index in [1.165, 1.54) is 24.2 Å². The van der Waals surface area contributed by atoms with E-state index in [4.69, 9.17) is 0 Å². The Hall–Kier alpha value is -3.25. The van der Waals surface area contributed by atoms with Gasteiger partial charge in [-0.25, -0.2) is 16.8 Å². The van der Waals surface area contributed by atoms with E-state index >= 15 is 0 Å². The van der Waals surface area contributed by atoms with Crippen molar-refractivity contribution in [1.29, 1.82) is 0 Å². The highest BCUT2D eigenvalue weighted by Gasteiger charge is 2.42. The van der Waals surface area contributed by atoms with Gasteiger partial charge in [0.2, 0.25) is 5.91 Å². The summed E-state index contributed by atoms with van der Waals surface area (Å²) in [4.78, 5) is 11.8. The van der Waals surface area contributed by atoms with Crippen LogP contribution in [0, 0.1) is 0 Å². The Morgan fingerprint density at radius 2 is 1.58 bits per heavy atom. The third kappa shape index (κ3) is 4.62. The van der Waals surface area contributed by atoms with E-state index in [0.29, 0.717) is 16.9 Å². The average molecular weight is 487 g/mol. The summed E-state index contributed by atoms with van der Waals surface area (Å²) in [6.45, 7) is 1.38. The van der Waals surface area contributed by atoms with E-state index in [1.807, 2.05) is 12.1 Å². The van der Waals surface area contributed by atoms with Crippen LogP contribution >= 0.6 is 0 Å². The number of anilines is 2. The molecule has 1 aliphatic heterocycles. The van der Waals surface area contributed by atoms with Crippen molar-refractivity contribution in [2.24, 2.45) is 0 Å². The summed E-state index contributed by atoms with van der Waals surface area (Å²) in [6, 6.07) is 21.1. The lowest BCUT2D eigenvalue weighted by molar-refractivity contribution is -0.114. The Morgan fingerprint density at radius 3 is 2.24 bits per heavy atom. The van der Waals surface area contributed by atoms with Crippen molar-refractivity contribution in [3.8, 4) is 0 Å². The molecule has 0 radical (unpaired) electrons. The lowest BCUT2D eigenvalue weighted by atomic mass is 9.97. The maximum absolute atomic E-state index is 13.6. The van der Waals surface area contributed by atoms with Gasteiger partial charge in [-0.3, -0.25) is 4.79 Å². The van der Waals surface area contributed by atoms with Gasteiger partial charge in [0, 0.05) is 23.7 Å². The summed E-state index contributed by atoms with van der Waals surface area (Å²) >= 11 is 0. The van der Waals surface area contributed by atoms with Crippen LogP contribution in [-0.4, -0.2) is 38.2 Å². The van der Waals surface area contributed by atoms with Crippen molar-refractivity contribution < 1.29 is 21.6 Å². The molecular formula is C22H22N4O5S2. The quantitative estimate of drug-likeness (QED) is 0.440. The van der Waals surface area contributed by atoms with Crippen molar-refractivity contribution in [2.45, 2.75) is 17.9 Å². The molecule has 0 saturated carbocycles. The van der Waals surface area contributed by atoms with Crippen LogP contribution in [-0.2, 0) is 25.5 Å². The van der Waals surface area contributed by atoms with Crippen LogP contribution in [0.3, 0.4) is 0 Å². The first-order chi connectivity index (χ1) is 15.8. The SMILES string of the molecule is CC(=O)Nc1ccccc1C1c2ccccc2NN1N(C[SH](=O)=O)S(=O)(=O)c1ccccc1. The van der Waals surface area contributed by atoms with E-state index < -0.39 is 32.6 Å². The predicted octanol–water partition coefficient (Wildman–Crippen LogP) is 2.55. The molecule has 4 rings (SSSR count). The van der Waals surface area contributed by atoms with E-state index in [-0.39, 0.29) is 10.8 Å². The first kappa shape index (κ1) is 22.9. The molecule has 1 aliphatic rings. The van der Waals surface area contributed by atoms with Crippen LogP contribution in [0.4, 0.5) is 11.4 Å². The predicted molar refractivity (Wildman–Crippen MR) is 125 cm³/mol. The van der Waals surface area contributed by atoms with Gasteiger partial charge in [-0.15, -0.1) is 5.12 Å². The van der Waals surface area contributed by atoms with E-state index in [2.05, 4.69) is 10.7 Å². The van der Waals surface area contributed by atoms with E-state index in [9.17, 15) is 21.6 Å². The molecule has 1 amide bonds. The minimum absolute atomic E-state index is 0.0477. The lowest BCUT2D eigenvalue weighted by Gasteiger charge is -2.34. The zero-order valence-corrected chi connectivity index (χ0v) is 19.3. The minimum Gasteiger partial charge on any atom is -0.326 e. The van der Waals surface area contributed by atoms with Gasteiger partial charge in [0.15, 0.2) is 10.7 Å². The fourth-order valence-corrected chi connectivity index (χ4v) is 6.09. The molecule has 2 N–H and O–H groups in total. The molecule has 3 aromatic rings. The molecular weight excluding hydrogens is 464 g/mol. The first-order valence-corrected chi connectivity index (χ1v) is 12.8. The number of hydrogen-bond acceptors (Lipinski definition) is 7. The number of fused-ring (bicyclic) bond motifs is 1. The summed E-state index contributed by atoms with van der Waals surface area (Å²) in [5.41, 5.74) is 5.48. The second-order valence-electron chi connectivity index (χ2n) is 7.33. The van der Waals surface area contributed by atoms with Gasteiger partial charge >= 0.3 is 0 Å². The number of nitrogens with zero attached hydrogens (tertiary/aromatic N) is 2. The molecule has 0 spiro atoms. The number of sulfonamides is 1. The fourth-order valence-electron chi connectivity index (χ4n) is 3.75. The third-order valence-electron chi connectivity index (χ3n) is 5.10. The highest BCUT2D eigenvalue weighted by molar-refractivity contribution is 7.89. The number of nitrogens with one attached hydrogen (secondary N) is 2. The lowest BCUT2D eigenvalue weighted by Crippen LogP contribution is -2.49. The van der Waals surface area contributed by atoms with Crippen LogP contribution in [0.2, 0.25) is 0 Å². The van der Waals surface area contributed by atoms with E-state index in [0.717, 1.165) is 9.98 Å². The van der Waals surface area contributed by atoms with E-state index in [1.54, 1.807) is 54.6 Å². The largest absolute Gasteiger partial charge is 0.326 e. The number of carbonyl (C=O) groups excluding carboxylic acids is 1. The van der Waals surface area contributed by atoms with Gasteiger partial charge in [-0.2, -0.15) is 0 Å². The molecule has 0 aromatic heterocycles.